The number of hydrazine groups is 1. The molecule has 2 bridgehead atoms. The van der Waals surface area contributed by atoms with E-state index >= 15 is 0 Å². The second-order valence-electron chi connectivity index (χ2n) is 3.06. The van der Waals surface area contributed by atoms with E-state index in [9.17, 15) is 4.79 Å². The first kappa shape index (κ1) is 7.76. The third-order valence-corrected chi connectivity index (χ3v) is 2.35. The van der Waals surface area contributed by atoms with Crippen LogP contribution >= 0.6 is 0 Å². The van der Waals surface area contributed by atoms with Crippen LogP contribution < -0.4 is 5.43 Å². The molecule has 0 aromatic heterocycles. The van der Waals surface area contributed by atoms with Crippen molar-refractivity contribution in [1.29, 1.82) is 0 Å². The van der Waals surface area contributed by atoms with Gasteiger partial charge < -0.3 is 4.74 Å². The highest BCUT2D eigenvalue weighted by molar-refractivity contribution is 5.37. The molecule has 0 saturated carbocycles. The zero-order chi connectivity index (χ0) is 8.39. The van der Waals surface area contributed by atoms with Gasteiger partial charge >= 0.3 is 0 Å². The number of nitrogens with one attached hydrogen (secondary N) is 1. The molecule has 0 aromatic carbocycles. The van der Waals surface area contributed by atoms with Gasteiger partial charge in [-0.1, -0.05) is 12.2 Å². The van der Waals surface area contributed by atoms with Crippen LogP contribution in [0.5, 0.6) is 0 Å². The highest BCUT2D eigenvalue weighted by atomic mass is 16.5. The average Bonchev–Trinajstić information content (AvgIpc) is 2.04. The van der Waals surface area contributed by atoms with Gasteiger partial charge in [0.15, 0.2) is 6.23 Å². The summed E-state index contributed by atoms with van der Waals surface area (Å²) in [5.74, 6) is 0.366. The molecule has 3 atom stereocenters. The Balaban J connectivity index is 2.10. The summed E-state index contributed by atoms with van der Waals surface area (Å²) in [6.07, 6.45) is 5.17. The fourth-order valence-corrected chi connectivity index (χ4v) is 1.78. The molecule has 2 rings (SSSR count). The average molecular weight is 168 g/mol. The molecule has 0 radical (unpaired) electrons. The zero-order valence-electron chi connectivity index (χ0n) is 6.77. The highest BCUT2D eigenvalue weighted by Crippen LogP contribution is 2.23. The van der Waals surface area contributed by atoms with Gasteiger partial charge in [0.05, 0.1) is 0 Å². The van der Waals surface area contributed by atoms with E-state index in [1.165, 1.54) is 0 Å². The van der Waals surface area contributed by atoms with Crippen molar-refractivity contribution in [3.63, 3.8) is 0 Å². The van der Waals surface area contributed by atoms with Crippen molar-refractivity contribution in [3.05, 3.63) is 12.2 Å². The smallest absolute Gasteiger partial charge is 0.294 e. The number of carbonyl (C=O) groups excluding carboxylic acids is 1. The molecule has 4 heteroatoms. The predicted octanol–water partition coefficient (Wildman–Crippen LogP) is -0.118. The quantitative estimate of drug-likeness (QED) is 0.461. The lowest BCUT2D eigenvalue weighted by Gasteiger charge is -2.40. The molecule has 0 aliphatic carbocycles. The maximum Gasteiger partial charge on any atom is 0.294 e. The Morgan fingerprint density at radius 3 is 3.33 bits per heavy atom. The molecule has 2 heterocycles. The van der Waals surface area contributed by atoms with E-state index in [-0.39, 0.29) is 6.23 Å². The minimum atomic E-state index is -0.0961. The molecule has 0 aromatic rings. The van der Waals surface area contributed by atoms with Crippen molar-refractivity contribution in [3.8, 4) is 0 Å². The van der Waals surface area contributed by atoms with Crippen molar-refractivity contribution in [2.75, 3.05) is 13.1 Å². The van der Waals surface area contributed by atoms with Crippen LogP contribution in [0.25, 0.3) is 0 Å². The summed E-state index contributed by atoms with van der Waals surface area (Å²) in [5, 5.41) is 1.96. The summed E-state index contributed by atoms with van der Waals surface area (Å²) in [6.45, 7) is 2.31. The minimum Gasteiger partial charge on any atom is -0.447 e. The third kappa shape index (κ3) is 1.23. The van der Waals surface area contributed by atoms with Gasteiger partial charge in [-0.15, -0.1) is 0 Å². The number of rotatable bonds is 2. The minimum absolute atomic E-state index is 0.0961. The molecule has 2 aliphatic rings. The lowest BCUT2D eigenvalue weighted by Crippen LogP contribution is -2.56. The van der Waals surface area contributed by atoms with Crippen molar-refractivity contribution in [1.82, 2.24) is 10.4 Å². The normalized spacial score (nSPS) is 39.2. The first-order valence-corrected chi connectivity index (χ1v) is 4.18. The van der Waals surface area contributed by atoms with Crippen molar-refractivity contribution in [2.45, 2.75) is 12.6 Å². The van der Waals surface area contributed by atoms with Crippen LogP contribution in [-0.4, -0.2) is 30.8 Å². The van der Waals surface area contributed by atoms with E-state index in [0.29, 0.717) is 12.4 Å². The Labute approximate surface area is 71.1 Å². The second-order valence-corrected chi connectivity index (χ2v) is 3.06. The van der Waals surface area contributed by atoms with Gasteiger partial charge in [-0.2, -0.15) is 0 Å². The topological polar surface area (TPSA) is 41.6 Å². The lowest BCUT2D eigenvalue weighted by atomic mass is 9.98. The number of carbonyl (C=O) groups is 1. The Bertz CT molecular complexity index is 205. The molecule has 12 heavy (non-hydrogen) atoms. The van der Waals surface area contributed by atoms with Crippen LogP contribution in [0.4, 0.5) is 0 Å². The molecular weight excluding hydrogens is 156 g/mol. The summed E-state index contributed by atoms with van der Waals surface area (Å²) in [5.41, 5.74) is 3.18. The van der Waals surface area contributed by atoms with E-state index in [1.54, 1.807) is 0 Å². The Morgan fingerprint density at radius 2 is 2.58 bits per heavy atom. The SMILES string of the molecule is O=COC1C2C=CCN1NCC2. The molecule has 1 saturated heterocycles. The second kappa shape index (κ2) is 3.25. The van der Waals surface area contributed by atoms with Crippen LogP contribution in [0.1, 0.15) is 6.42 Å². The van der Waals surface area contributed by atoms with E-state index < -0.39 is 0 Å². The fourth-order valence-electron chi connectivity index (χ4n) is 1.78. The maximum atomic E-state index is 10.2. The molecule has 4 nitrogen and oxygen atoms in total. The molecule has 1 fully saturated rings. The van der Waals surface area contributed by atoms with Gasteiger partial charge in [0, 0.05) is 19.0 Å². The van der Waals surface area contributed by atoms with Gasteiger partial charge in [-0.3, -0.25) is 10.2 Å². The monoisotopic (exact) mass is 168 g/mol. The first-order chi connectivity index (χ1) is 5.92. The fraction of sp³-hybridized carbons (Fsp3) is 0.625. The maximum absolute atomic E-state index is 10.2. The Morgan fingerprint density at radius 1 is 1.67 bits per heavy atom. The molecular formula is C8H12N2O2. The van der Waals surface area contributed by atoms with Crippen LogP contribution in [0.2, 0.25) is 0 Å². The summed E-state index contributed by atoms with van der Waals surface area (Å²) in [6, 6.07) is 0. The molecule has 66 valence electrons. The van der Waals surface area contributed by atoms with Gasteiger partial charge in [-0.05, 0) is 6.42 Å². The van der Waals surface area contributed by atoms with E-state index in [1.807, 2.05) is 5.01 Å². The van der Waals surface area contributed by atoms with Gasteiger partial charge in [0.25, 0.3) is 6.47 Å². The first-order valence-electron chi connectivity index (χ1n) is 4.18. The van der Waals surface area contributed by atoms with Gasteiger partial charge in [0.2, 0.25) is 0 Å². The van der Waals surface area contributed by atoms with E-state index in [4.69, 9.17) is 4.74 Å². The van der Waals surface area contributed by atoms with Crippen LogP contribution in [0, 0.1) is 5.92 Å². The summed E-state index contributed by atoms with van der Waals surface area (Å²) in [4.78, 5) is 10.2. The molecule has 2 aliphatic heterocycles. The Kier molecular flexibility index (Phi) is 2.10. The summed E-state index contributed by atoms with van der Waals surface area (Å²) in [7, 11) is 0. The number of ether oxygens (including phenoxy) is 1. The number of nitrogens with zero attached hydrogens (tertiary/aromatic N) is 1. The van der Waals surface area contributed by atoms with Gasteiger partial charge in [0.1, 0.15) is 0 Å². The van der Waals surface area contributed by atoms with E-state index in [2.05, 4.69) is 17.6 Å². The number of hydrogen-bond donors (Lipinski definition) is 1. The van der Waals surface area contributed by atoms with Crippen LogP contribution in [0.3, 0.4) is 0 Å². The van der Waals surface area contributed by atoms with Crippen LogP contribution in [0.15, 0.2) is 12.2 Å². The largest absolute Gasteiger partial charge is 0.447 e. The molecule has 0 spiro atoms. The number of hydrogen-bond acceptors (Lipinski definition) is 4. The van der Waals surface area contributed by atoms with Crippen molar-refractivity contribution < 1.29 is 9.53 Å². The number of fused-ring (bicyclic) bond motifs is 2. The van der Waals surface area contributed by atoms with Crippen molar-refractivity contribution >= 4 is 6.47 Å². The standard InChI is InChI=1S/C8H12N2O2/c11-6-12-8-7-2-1-5-10(8)9-4-3-7/h1-2,6-9H,3-5H2. The predicted molar refractivity (Wildman–Crippen MR) is 42.9 cm³/mol. The summed E-state index contributed by atoms with van der Waals surface area (Å²) >= 11 is 0. The van der Waals surface area contributed by atoms with E-state index in [0.717, 1.165) is 19.5 Å². The zero-order valence-corrected chi connectivity index (χ0v) is 6.77. The third-order valence-electron chi connectivity index (χ3n) is 2.35. The van der Waals surface area contributed by atoms with Crippen LogP contribution in [-0.2, 0) is 9.53 Å². The van der Waals surface area contributed by atoms with Crippen molar-refractivity contribution in [2.24, 2.45) is 5.92 Å². The lowest BCUT2D eigenvalue weighted by molar-refractivity contribution is -0.158. The highest BCUT2D eigenvalue weighted by Gasteiger charge is 2.32. The molecule has 1 N–H and O–H groups in total. The Hall–Kier alpha value is -0.870. The van der Waals surface area contributed by atoms with Gasteiger partial charge in [-0.25, -0.2) is 5.01 Å². The molecule has 0 amide bonds. The molecule has 3 unspecified atom stereocenters. The summed E-state index contributed by atoms with van der Waals surface area (Å²) < 4.78 is 4.98.